The Morgan fingerprint density at radius 3 is 2.18 bits per heavy atom. The molecule has 88 valence electrons. The minimum Gasteiger partial charge on any atom is -0.505 e. The molecule has 0 unspecified atom stereocenters. The van der Waals surface area contributed by atoms with Crippen LogP contribution in [0.3, 0.4) is 0 Å². The zero-order valence-electron chi connectivity index (χ0n) is 8.95. The fourth-order valence-corrected chi connectivity index (χ4v) is 1.95. The van der Waals surface area contributed by atoms with Gasteiger partial charge in [0, 0.05) is 12.2 Å². The van der Waals surface area contributed by atoms with Gasteiger partial charge >= 0.3 is 0 Å². The molecule has 17 heavy (non-hydrogen) atoms. The van der Waals surface area contributed by atoms with E-state index in [2.05, 4.69) is 5.32 Å². The van der Waals surface area contributed by atoms with Gasteiger partial charge in [0.15, 0.2) is 5.75 Å². The van der Waals surface area contributed by atoms with Crippen LogP contribution in [-0.2, 0) is 6.54 Å². The number of rotatable bonds is 3. The number of phenolic OH excluding ortho intramolecular Hbond substituents is 1. The van der Waals surface area contributed by atoms with Crippen molar-refractivity contribution in [1.82, 2.24) is 0 Å². The zero-order chi connectivity index (χ0) is 12.3. The third-order valence-corrected chi connectivity index (χ3v) is 2.93. The number of benzene rings is 2. The average Bonchev–Trinajstić information content (AvgIpc) is 2.34. The third kappa shape index (κ3) is 3.05. The molecule has 0 saturated carbocycles. The largest absolute Gasteiger partial charge is 0.505 e. The van der Waals surface area contributed by atoms with Gasteiger partial charge in [-0.15, -0.1) is 0 Å². The summed E-state index contributed by atoms with van der Waals surface area (Å²) >= 11 is 11.7. The number of phenols is 1. The Morgan fingerprint density at radius 2 is 1.59 bits per heavy atom. The smallest absolute Gasteiger partial charge is 0.152 e. The summed E-state index contributed by atoms with van der Waals surface area (Å²) in [6.45, 7) is 0.679. The number of nitrogens with one attached hydrogen (secondary N) is 1. The van der Waals surface area contributed by atoms with Crippen LogP contribution < -0.4 is 5.32 Å². The van der Waals surface area contributed by atoms with E-state index in [1.807, 2.05) is 30.3 Å². The molecule has 0 radical (unpaired) electrons. The maximum absolute atomic E-state index is 9.42. The predicted octanol–water partition coefficient (Wildman–Crippen LogP) is 4.31. The summed E-state index contributed by atoms with van der Waals surface area (Å²) in [5.41, 5.74) is 1.94. The van der Waals surface area contributed by atoms with Gasteiger partial charge in [-0.1, -0.05) is 53.5 Å². The quantitative estimate of drug-likeness (QED) is 0.813. The molecule has 2 rings (SSSR count). The topological polar surface area (TPSA) is 32.3 Å². The summed E-state index contributed by atoms with van der Waals surface area (Å²) in [4.78, 5) is 0. The van der Waals surface area contributed by atoms with Crippen molar-refractivity contribution in [2.24, 2.45) is 0 Å². The van der Waals surface area contributed by atoms with Crippen molar-refractivity contribution in [2.75, 3.05) is 5.32 Å². The molecule has 0 atom stereocenters. The molecule has 0 aromatic heterocycles. The molecular weight excluding hydrogens is 257 g/mol. The first kappa shape index (κ1) is 12.1. The van der Waals surface area contributed by atoms with Crippen LogP contribution in [0.2, 0.25) is 10.0 Å². The van der Waals surface area contributed by atoms with E-state index in [1.165, 1.54) is 0 Å². The van der Waals surface area contributed by atoms with Gasteiger partial charge < -0.3 is 10.4 Å². The van der Waals surface area contributed by atoms with E-state index < -0.39 is 0 Å². The highest BCUT2D eigenvalue weighted by Gasteiger charge is 2.06. The summed E-state index contributed by atoms with van der Waals surface area (Å²) in [5.74, 6) is -0.0846. The molecule has 2 N–H and O–H groups in total. The highest BCUT2D eigenvalue weighted by atomic mass is 35.5. The average molecular weight is 268 g/mol. The Bertz CT molecular complexity index is 491. The molecule has 0 spiro atoms. The molecule has 0 fully saturated rings. The van der Waals surface area contributed by atoms with Gasteiger partial charge in [0.1, 0.15) is 0 Å². The summed E-state index contributed by atoms with van der Waals surface area (Å²) in [7, 11) is 0. The van der Waals surface area contributed by atoms with E-state index in [4.69, 9.17) is 23.2 Å². The van der Waals surface area contributed by atoms with Crippen LogP contribution in [0.4, 0.5) is 5.69 Å². The maximum Gasteiger partial charge on any atom is 0.152 e. The molecule has 0 amide bonds. The fraction of sp³-hybridized carbons (Fsp3) is 0.0769. The van der Waals surface area contributed by atoms with Gasteiger partial charge in [-0.05, 0) is 17.7 Å². The lowest BCUT2D eigenvalue weighted by atomic mass is 10.2. The van der Waals surface area contributed by atoms with E-state index in [-0.39, 0.29) is 15.8 Å². The van der Waals surface area contributed by atoms with Crippen LogP contribution in [-0.4, -0.2) is 5.11 Å². The van der Waals surface area contributed by atoms with Gasteiger partial charge in [-0.2, -0.15) is 0 Å². The van der Waals surface area contributed by atoms with E-state index >= 15 is 0 Å². The van der Waals surface area contributed by atoms with Crippen LogP contribution in [0, 0.1) is 0 Å². The molecule has 0 bridgehead atoms. The molecule has 2 aromatic rings. The van der Waals surface area contributed by atoms with E-state index in [9.17, 15) is 5.11 Å². The van der Waals surface area contributed by atoms with E-state index in [0.717, 1.165) is 11.3 Å². The molecule has 0 aliphatic rings. The summed E-state index contributed by atoms with van der Waals surface area (Å²) in [5, 5.41) is 13.1. The Kier molecular flexibility index (Phi) is 3.77. The summed E-state index contributed by atoms with van der Waals surface area (Å²) < 4.78 is 0. The van der Waals surface area contributed by atoms with Crippen LogP contribution in [0.1, 0.15) is 5.56 Å². The van der Waals surface area contributed by atoms with Gasteiger partial charge in [0.25, 0.3) is 0 Å². The number of halogens is 2. The van der Waals surface area contributed by atoms with E-state index in [1.54, 1.807) is 12.1 Å². The van der Waals surface area contributed by atoms with Crippen LogP contribution >= 0.6 is 23.2 Å². The van der Waals surface area contributed by atoms with Crippen molar-refractivity contribution in [3.63, 3.8) is 0 Å². The maximum atomic E-state index is 9.42. The zero-order valence-corrected chi connectivity index (χ0v) is 10.5. The van der Waals surface area contributed by atoms with Crippen LogP contribution in [0.15, 0.2) is 42.5 Å². The first-order chi connectivity index (χ1) is 8.16. The summed E-state index contributed by atoms with van der Waals surface area (Å²) in [6.07, 6.45) is 0. The standard InChI is InChI=1S/C13H11Cl2NO/c14-11-6-10(7-12(15)13(11)17)16-8-9-4-2-1-3-5-9/h1-7,16-17H,8H2. The van der Waals surface area contributed by atoms with E-state index in [0.29, 0.717) is 6.54 Å². The predicted molar refractivity (Wildman–Crippen MR) is 71.9 cm³/mol. The monoisotopic (exact) mass is 267 g/mol. The molecule has 4 heteroatoms. The minimum atomic E-state index is -0.0846. The van der Waals surface area contributed by atoms with Crippen molar-refractivity contribution in [1.29, 1.82) is 0 Å². The first-order valence-electron chi connectivity index (χ1n) is 5.12. The van der Waals surface area contributed by atoms with Gasteiger partial charge in [-0.3, -0.25) is 0 Å². The Morgan fingerprint density at radius 1 is 1.00 bits per heavy atom. The van der Waals surface area contributed by atoms with Crippen molar-refractivity contribution >= 4 is 28.9 Å². The summed E-state index contributed by atoms with van der Waals surface area (Å²) in [6, 6.07) is 13.3. The third-order valence-electron chi connectivity index (χ3n) is 2.36. The molecule has 0 aliphatic heterocycles. The van der Waals surface area contributed by atoms with Gasteiger partial charge in [-0.25, -0.2) is 0 Å². The van der Waals surface area contributed by atoms with Crippen molar-refractivity contribution in [3.05, 3.63) is 58.1 Å². The molecule has 0 heterocycles. The Balaban J connectivity index is 2.10. The first-order valence-corrected chi connectivity index (χ1v) is 5.88. The molecule has 2 nitrogen and oxygen atoms in total. The number of hydrogen-bond acceptors (Lipinski definition) is 2. The number of hydrogen-bond donors (Lipinski definition) is 2. The SMILES string of the molecule is Oc1c(Cl)cc(NCc2ccccc2)cc1Cl. The second-order valence-corrected chi connectivity index (χ2v) is 4.44. The Labute approximate surface area is 110 Å². The molecule has 2 aromatic carbocycles. The lowest BCUT2D eigenvalue weighted by Gasteiger charge is -2.08. The fourth-order valence-electron chi connectivity index (χ4n) is 1.47. The normalized spacial score (nSPS) is 10.2. The van der Waals surface area contributed by atoms with Crippen LogP contribution in [0.25, 0.3) is 0 Å². The minimum absolute atomic E-state index is 0.0846. The van der Waals surface area contributed by atoms with Gasteiger partial charge in [0.2, 0.25) is 0 Å². The molecule has 0 aliphatic carbocycles. The number of aromatic hydroxyl groups is 1. The van der Waals surface area contributed by atoms with Crippen molar-refractivity contribution < 1.29 is 5.11 Å². The number of anilines is 1. The van der Waals surface area contributed by atoms with Crippen LogP contribution in [0.5, 0.6) is 5.75 Å². The Hall–Kier alpha value is -1.38. The lowest BCUT2D eigenvalue weighted by molar-refractivity contribution is 0.476. The second kappa shape index (κ2) is 5.30. The molecular formula is C13H11Cl2NO. The molecule has 0 saturated heterocycles. The van der Waals surface area contributed by atoms with Crippen molar-refractivity contribution in [3.8, 4) is 5.75 Å². The highest BCUT2D eigenvalue weighted by Crippen LogP contribution is 2.34. The second-order valence-electron chi connectivity index (χ2n) is 3.63. The van der Waals surface area contributed by atoms with Gasteiger partial charge in [0.05, 0.1) is 10.0 Å². The lowest BCUT2D eigenvalue weighted by Crippen LogP contribution is -1.98. The van der Waals surface area contributed by atoms with Crippen molar-refractivity contribution in [2.45, 2.75) is 6.54 Å². The highest BCUT2D eigenvalue weighted by molar-refractivity contribution is 6.37.